The highest BCUT2D eigenvalue weighted by molar-refractivity contribution is 6.33. The lowest BCUT2D eigenvalue weighted by atomic mass is 10.1. The van der Waals surface area contributed by atoms with Crippen LogP contribution in [0.15, 0.2) is 30.3 Å². The molecule has 2 fully saturated rings. The first-order valence-electron chi connectivity index (χ1n) is 11.3. The fourth-order valence-corrected chi connectivity index (χ4v) is 5.56. The summed E-state index contributed by atoms with van der Waals surface area (Å²) in [6.45, 7) is 4.66. The second kappa shape index (κ2) is 8.25. The predicted octanol–water partition coefficient (Wildman–Crippen LogP) is 5.12. The summed E-state index contributed by atoms with van der Waals surface area (Å²) >= 11 is 6.73. The van der Waals surface area contributed by atoms with Gasteiger partial charge in [-0.1, -0.05) is 17.7 Å². The molecule has 3 heterocycles. The van der Waals surface area contributed by atoms with E-state index in [9.17, 15) is 0 Å². The zero-order valence-corrected chi connectivity index (χ0v) is 20.0. The van der Waals surface area contributed by atoms with Crippen molar-refractivity contribution in [2.45, 2.75) is 32.2 Å². The Kier molecular flexibility index (Phi) is 5.56. The number of hydrogen-bond acceptors (Lipinski definition) is 4. The Hall–Kier alpha value is -2.28. The van der Waals surface area contributed by atoms with Crippen LogP contribution in [0.3, 0.4) is 0 Å². The highest BCUT2D eigenvalue weighted by Crippen LogP contribution is 2.46. The van der Waals surface area contributed by atoms with Crippen molar-refractivity contribution in [3.05, 3.63) is 40.9 Å². The minimum atomic E-state index is 0.388. The molecular formula is C25H31ClN3O3+. The Morgan fingerprint density at radius 1 is 1.19 bits per heavy atom. The number of ether oxygens (including phenoxy) is 3. The normalized spacial score (nSPS) is 20.5. The summed E-state index contributed by atoms with van der Waals surface area (Å²) in [6, 6.07) is 10.6. The summed E-state index contributed by atoms with van der Waals surface area (Å²) in [7, 11) is 5.70. The van der Waals surface area contributed by atoms with Crippen molar-refractivity contribution in [2.75, 3.05) is 41.0 Å². The molecule has 5 rings (SSSR count). The van der Waals surface area contributed by atoms with Crippen LogP contribution in [-0.4, -0.2) is 56.7 Å². The molecule has 1 aliphatic carbocycles. The highest BCUT2D eigenvalue weighted by atomic mass is 35.5. The minimum Gasteiger partial charge on any atom is -0.496 e. The third-order valence-corrected chi connectivity index (χ3v) is 7.32. The van der Waals surface area contributed by atoms with Crippen molar-refractivity contribution in [1.29, 1.82) is 0 Å². The topological polar surface area (TPSA) is 45.0 Å². The van der Waals surface area contributed by atoms with E-state index in [1.165, 1.54) is 12.8 Å². The zero-order valence-electron chi connectivity index (χ0n) is 19.2. The molecule has 2 atom stereocenters. The molecule has 2 unspecified atom stereocenters. The fourth-order valence-electron chi connectivity index (χ4n) is 5.19. The molecule has 32 heavy (non-hydrogen) atoms. The van der Waals surface area contributed by atoms with Crippen LogP contribution >= 0.6 is 11.6 Å². The van der Waals surface area contributed by atoms with Gasteiger partial charge < -0.3 is 14.2 Å². The first kappa shape index (κ1) is 21.6. The van der Waals surface area contributed by atoms with E-state index in [-0.39, 0.29) is 0 Å². The molecule has 6 nitrogen and oxygen atoms in total. The first-order valence-corrected chi connectivity index (χ1v) is 11.7. The van der Waals surface area contributed by atoms with Crippen LogP contribution in [0.5, 0.6) is 11.6 Å². The summed E-state index contributed by atoms with van der Waals surface area (Å²) < 4.78 is 20.2. The van der Waals surface area contributed by atoms with Crippen LogP contribution in [-0.2, 0) is 4.74 Å². The van der Waals surface area contributed by atoms with E-state index < -0.39 is 0 Å². The van der Waals surface area contributed by atoms with Crippen LogP contribution in [0.4, 0.5) is 5.69 Å². The number of quaternary nitrogens is 1. The number of halogens is 1. The van der Waals surface area contributed by atoms with Gasteiger partial charge in [0.05, 0.1) is 57.3 Å². The zero-order chi connectivity index (χ0) is 22.5. The Bertz CT molecular complexity index is 1150. The van der Waals surface area contributed by atoms with Gasteiger partial charge in [0.15, 0.2) is 0 Å². The van der Waals surface area contributed by atoms with Gasteiger partial charge in [-0.25, -0.2) is 4.52 Å². The molecule has 1 aliphatic heterocycles. The Balaban J connectivity index is 1.74. The van der Waals surface area contributed by atoms with E-state index in [1.54, 1.807) is 14.2 Å². The molecule has 0 radical (unpaired) electrons. The third kappa shape index (κ3) is 3.54. The second-order valence-corrected chi connectivity index (χ2v) is 9.71. The summed E-state index contributed by atoms with van der Waals surface area (Å²) in [6.07, 6.45) is 3.63. The number of methoxy groups -OCH3 is 2. The minimum absolute atomic E-state index is 0.388. The SMILES string of the molecule is COc1cc(C)cc(Cl)c1-c1cccc2c([N+](C)(CC3CC3)C3CCOC3)c(OC)nn12. The third-order valence-electron chi connectivity index (χ3n) is 7.03. The van der Waals surface area contributed by atoms with Gasteiger partial charge in [0.1, 0.15) is 17.3 Å². The lowest BCUT2D eigenvalue weighted by Gasteiger charge is -2.38. The molecule has 2 aromatic heterocycles. The molecule has 2 aliphatic rings. The van der Waals surface area contributed by atoms with Gasteiger partial charge >= 0.3 is 0 Å². The van der Waals surface area contributed by atoms with Crippen molar-refractivity contribution < 1.29 is 14.2 Å². The molecule has 0 spiro atoms. The number of rotatable bonds is 7. The molecule has 3 aromatic rings. The number of likely N-dealkylation sites (N-methyl/N-ethyl adjacent to an activating group) is 1. The van der Waals surface area contributed by atoms with Crippen LogP contribution in [0, 0.1) is 12.8 Å². The second-order valence-electron chi connectivity index (χ2n) is 9.30. The maximum atomic E-state index is 6.73. The number of aryl methyl sites for hydroxylation is 1. The number of benzene rings is 1. The lowest BCUT2D eigenvalue weighted by Crippen LogP contribution is -2.55. The molecule has 0 amide bonds. The van der Waals surface area contributed by atoms with E-state index in [0.717, 1.165) is 70.4 Å². The average molecular weight is 457 g/mol. The quantitative estimate of drug-likeness (QED) is 0.463. The van der Waals surface area contributed by atoms with E-state index in [2.05, 4.69) is 19.2 Å². The van der Waals surface area contributed by atoms with E-state index in [1.807, 2.05) is 29.6 Å². The van der Waals surface area contributed by atoms with E-state index in [4.69, 9.17) is 30.9 Å². The predicted molar refractivity (Wildman–Crippen MR) is 128 cm³/mol. The largest absolute Gasteiger partial charge is 0.496 e. The molecule has 1 saturated heterocycles. The Morgan fingerprint density at radius 2 is 2.00 bits per heavy atom. The van der Waals surface area contributed by atoms with Gasteiger partial charge in [0, 0.05) is 12.3 Å². The van der Waals surface area contributed by atoms with Crippen molar-refractivity contribution >= 4 is 22.8 Å². The van der Waals surface area contributed by atoms with Crippen LogP contribution in [0.2, 0.25) is 5.02 Å². The summed E-state index contributed by atoms with van der Waals surface area (Å²) in [5.41, 5.74) is 4.93. The number of hydrogen-bond donors (Lipinski definition) is 0. The fraction of sp³-hybridized carbons (Fsp3) is 0.480. The van der Waals surface area contributed by atoms with Gasteiger partial charge in [0.2, 0.25) is 5.69 Å². The van der Waals surface area contributed by atoms with E-state index in [0.29, 0.717) is 16.9 Å². The summed E-state index contributed by atoms with van der Waals surface area (Å²) in [5, 5.41) is 5.58. The van der Waals surface area contributed by atoms with Gasteiger partial charge in [-0.05, 0) is 49.6 Å². The molecule has 0 bridgehead atoms. The molecule has 1 aromatic carbocycles. The number of pyridine rings is 1. The lowest BCUT2D eigenvalue weighted by molar-refractivity contribution is 0.157. The molecule has 1 saturated carbocycles. The van der Waals surface area contributed by atoms with Gasteiger partial charge in [-0.15, -0.1) is 5.10 Å². The van der Waals surface area contributed by atoms with Crippen molar-refractivity contribution in [3.8, 4) is 22.9 Å². The van der Waals surface area contributed by atoms with Gasteiger partial charge in [0.25, 0.3) is 5.88 Å². The number of nitrogens with zero attached hydrogens (tertiary/aromatic N) is 3. The Morgan fingerprint density at radius 3 is 2.66 bits per heavy atom. The molecule has 170 valence electrons. The van der Waals surface area contributed by atoms with Gasteiger partial charge in [-0.2, -0.15) is 0 Å². The number of aromatic nitrogens is 2. The molecular weight excluding hydrogens is 426 g/mol. The maximum absolute atomic E-state index is 6.73. The van der Waals surface area contributed by atoms with Gasteiger partial charge in [-0.3, -0.25) is 4.48 Å². The summed E-state index contributed by atoms with van der Waals surface area (Å²) in [5.74, 6) is 2.14. The first-order chi connectivity index (χ1) is 15.5. The standard InChI is InChI=1S/C25H31ClN3O3/c1-16-12-19(26)23(22(13-16)30-3)20-6-5-7-21-24(25(31-4)27-28(20)21)29(2,14-17-8-9-17)18-10-11-32-15-18/h5-7,12-13,17-18H,8-11,14-15H2,1-4H3/q+1. The molecule has 7 heteroatoms. The smallest absolute Gasteiger partial charge is 0.296 e. The Labute approximate surface area is 194 Å². The summed E-state index contributed by atoms with van der Waals surface area (Å²) in [4.78, 5) is 0. The highest BCUT2D eigenvalue weighted by Gasteiger charge is 2.46. The van der Waals surface area contributed by atoms with Crippen LogP contribution in [0.1, 0.15) is 24.8 Å². The van der Waals surface area contributed by atoms with Crippen LogP contribution in [0.25, 0.3) is 16.8 Å². The average Bonchev–Trinajstić information content (AvgIpc) is 3.27. The van der Waals surface area contributed by atoms with Crippen LogP contribution < -0.4 is 14.0 Å². The number of fused-ring (bicyclic) bond motifs is 1. The maximum Gasteiger partial charge on any atom is 0.296 e. The monoisotopic (exact) mass is 456 g/mol. The van der Waals surface area contributed by atoms with Crippen molar-refractivity contribution in [2.24, 2.45) is 5.92 Å². The van der Waals surface area contributed by atoms with E-state index >= 15 is 0 Å². The van der Waals surface area contributed by atoms with Crippen molar-refractivity contribution in [1.82, 2.24) is 14.1 Å². The van der Waals surface area contributed by atoms with Crippen molar-refractivity contribution in [3.63, 3.8) is 0 Å². The molecule has 0 N–H and O–H groups in total.